The topological polar surface area (TPSA) is 65.5 Å². The summed E-state index contributed by atoms with van der Waals surface area (Å²) in [6, 6.07) is 15.0. The minimum absolute atomic E-state index is 0.0323. The molecule has 3 aromatic rings. The van der Waals surface area contributed by atoms with Gasteiger partial charge in [0.05, 0.1) is 11.7 Å². The van der Waals surface area contributed by atoms with Crippen LogP contribution in [0.3, 0.4) is 0 Å². The highest BCUT2D eigenvalue weighted by molar-refractivity contribution is 5.97. The maximum absolute atomic E-state index is 11.7. The predicted octanol–water partition coefficient (Wildman–Crippen LogP) is 3.99. The molecule has 0 unspecified atom stereocenters. The monoisotopic (exact) mass is 295 g/mol. The molecule has 2 aromatic carbocycles. The van der Waals surface area contributed by atoms with Gasteiger partial charge in [0.2, 0.25) is 0 Å². The van der Waals surface area contributed by atoms with E-state index in [0.717, 1.165) is 16.5 Å². The predicted molar refractivity (Wildman–Crippen MR) is 85.9 cm³/mol. The molecule has 0 radical (unpaired) electrons. The number of carbonyl (C=O) groups is 1. The highest BCUT2D eigenvalue weighted by atomic mass is 16.5. The summed E-state index contributed by atoms with van der Waals surface area (Å²) in [6.45, 7) is 3.80. The zero-order valence-electron chi connectivity index (χ0n) is 12.5. The average Bonchev–Trinajstić information content (AvgIpc) is 2.90. The molecule has 2 N–H and O–H groups in total. The van der Waals surface area contributed by atoms with Crippen LogP contribution >= 0.6 is 0 Å². The quantitative estimate of drug-likeness (QED) is 0.791. The molecule has 0 spiro atoms. The smallest absolute Gasteiger partial charge is 0.252 e. The Hall–Kier alpha value is -2.75. The fourth-order valence-corrected chi connectivity index (χ4v) is 2.36. The molecule has 1 heterocycles. The zero-order chi connectivity index (χ0) is 15.7. The average molecular weight is 295 g/mol. The van der Waals surface area contributed by atoms with Crippen molar-refractivity contribution in [1.29, 1.82) is 0 Å². The van der Waals surface area contributed by atoms with E-state index in [1.807, 2.05) is 50.2 Å². The molecule has 0 atom stereocenters. The van der Waals surface area contributed by atoms with E-state index >= 15 is 0 Å². The molecule has 0 bridgehead atoms. The Labute approximate surface area is 128 Å². The lowest BCUT2D eigenvalue weighted by molar-refractivity contribution is 0.0994. The van der Waals surface area contributed by atoms with Gasteiger partial charge in [-0.3, -0.25) is 4.79 Å². The molecule has 4 nitrogen and oxygen atoms in total. The molecule has 0 saturated heterocycles. The van der Waals surface area contributed by atoms with Crippen LogP contribution in [-0.4, -0.2) is 12.0 Å². The van der Waals surface area contributed by atoms with E-state index < -0.39 is 5.91 Å². The fourth-order valence-electron chi connectivity index (χ4n) is 2.36. The molecule has 0 aliphatic rings. The molecular formula is C18H17NO3. The summed E-state index contributed by atoms with van der Waals surface area (Å²) in [5, 5.41) is 1.01. The minimum atomic E-state index is -0.520. The van der Waals surface area contributed by atoms with E-state index in [1.54, 1.807) is 12.1 Å². The Morgan fingerprint density at radius 2 is 1.91 bits per heavy atom. The maximum atomic E-state index is 11.7. The number of hydrogen-bond donors (Lipinski definition) is 1. The van der Waals surface area contributed by atoms with Gasteiger partial charge in [0.25, 0.3) is 5.91 Å². The van der Waals surface area contributed by atoms with Gasteiger partial charge in [-0.05, 0) is 44.2 Å². The lowest BCUT2D eigenvalue weighted by Gasteiger charge is -2.13. The molecule has 0 saturated carbocycles. The second-order valence-electron chi connectivity index (χ2n) is 5.39. The number of nitrogens with two attached hydrogens (primary N) is 1. The highest BCUT2D eigenvalue weighted by Gasteiger charge is 2.14. The number of furan rings is 1. The van der Waals surface area contributed by atoms with Crippen molar-refractivity contribution in [3.8, 4) is 17.1 Å². The van der Waals surface area contributed by atoms with Crippen molar-refractivity contribution in [2.45, 2.75) is 20.0 Å². The van der Waals surface area contributed by atoms with Gasteiger partial charge in [0.1, 0.15) is 17.1 Å². The van der Waals surface area contributed by atoms with E-state index in [4.69, 9.17) is 14.9 Å². The number of benzene rings is 2. The first-order chi connectivity index (χ1) is 10.5. The van der Waals surface area contributed by atoms with Crippen molar-refractivity contribution in [1.82, 2.24) is 0 Å². The van der Waals surface area contributed by atoms with Crippen LogP contribution in [0.2, 0.25) is 0 Å². The number of ether oxygens (including phenoxy) is 1. The lowest BCUT2D eigenvalue weighted by atomic mass is 10.1. The van der Waals surface area contributed by atoms with Crippen LogP contribution in [0.5, 0.6) is 5.75 Å². The molecule has 0 aliphatic carbocycles. The fraction of sp³-hybridized carbons (Fsp3) is 0.167. The van der Waals surface area contributed by atoms with Gasteiger partial charge in [-0.1, -0.05) is 18.2 Å². The van der Waals surface area contributed by atoms with Crippen molar-refractivity contribution >= 4 is 16.9 Å². The van der Waals surface area contributed by atoms with Crippen LogP contribution in [0, 0.1) is 0 Å². The Balaban J connectivity index is 2.07. The first-order valence-corrected chi connectivity index (χ1v) is 7.14. The van der Waals surface area contributed by atoms with Gasteiger partial charge in [-0.15, -0.1) is 0 Å². The van der Waals surface area contributed by atoms with Gasteiger partial charge < -0.3 is 14.9 Å². The highest BCUT2D eigenvalue weighted by Crippen LogP contribution is 2.31. The summed E-state index contributed by atoms with van der Waals surface area (Å²) < 4.78 is 11.4. The van der Waals surface area contributed by atoms with Gasteiger partial charge in [0.15, 0.2) is 0 Å². The standard InChI is InChI=1S/C18H17NO3/c1-11(2)21-16-8-7-13(9-14(16)18(19)20)17-10-12-5-3-4-6-15(12)22-17/h3-11H,1-2H3,(H2,19,20). The van der Waals surface area contributed by atoms with Crippen LogP contribution in [0.4, 0.5) is 0 Å². The SMILES string of the molecule is CC(C)Oc1ccc(-c2cc3ccccc3o2)cc1C(N)=O. The molecule has 1 aromatic heterocycles. The number of primary amides is 1. The van der Waals surface area contributed by atoms with Crippen LogP contribution in [0.25, 0.3) is 22.3 Å². The number of fused-ring (bicyclic) bond motifs is 1. The molecule has 0 aliphatic heterocycles. The second-order valence-corrected chi connectivity index (χ2v) is 5.39. The van der Waals surface area contributed by atoms with E-state index in [2.05, 4.69) is 0 Å². The molecule has 22 heavy (non-hydrogen) atoms. The Bertz CT molecular complexity index is 800. The third kappa shape index (κ3) is 2.68. The third-order valence-corrected chi connectivity index (χ3v) is 3.32. The van der Waals surface area contributed by atoms with Crippen LogP contribution in [0.1, 0.15) is 24.2 Å². The number of rotatable bonds is 4. The molecule has 112 valence electrons. The summed E-state index contributed by atoms with van der Waals surface area (Å²) in [7, 11) is 0. The Kier molecular flexibility index (Phi) is 3.59. The molecule has 0 fully saturated rings. The normalized spacial score (nSPS) is 11.0. The molecule has 1 amide bonds. The summed E-state index contributed by atoms with van der Waals surface area (Å²) in [5.41, 5.74) is 7.42. The van der Waals surface area contributed by atoms with E-state index in [9.17, 15) is 4.79 Å². The van der Waals surface area contributed by atoms with Gasteiger partial charge in [0, 0.05) is 10.9 Å². The summed E-state index contributed by atoms with van der Waals surface area (Å²) in [4.78, 5) is 11.7. The number of carbonyl (C=O) groups excluding carboxylic acids is 1. The first kappa shape index (κ1) is 14.2. The molecule has 3 rings (SSSR count). The summed E-state index contributed by atoms with van der Waals surface area (Å²) >= 11 is 0. The van der Waals surface area contributed by atoms with Gasteiger partial charge in [-0.25, -0.2) is 0 Å². The largest absolute Gasteiger partial charge is 0.490 e. The zero-order valence-corrected chi connectivity index (χ0v) is 12.5. The van der Waals surface area contributed by atoms with Crippen molar-refractivity contribution in [2.24, 2.45) is 5.73 Å². The summed E-state index contributed by atoms with van der Waals surface area (Å²) in [5.74, 6) is 0.663. The minimum Gasteiger partial charge on any atom is -0.490 e. The van der Waals surface area contributed by atoms with Crippen molar-refractivity contribution < 1.29 is 13.9 Å². The Morgan fingerprint density at radius 3 is 2.59 bits per heavy atom. The van der Waals surface area contributed by atoms with E-state index in [-0.39, 0.29) is 6.10 Å². The van der Waals surface area contributed by atoms with Crippen molar-refractivity contribution in [2.75, 3.05) is 0 Å². The van der Waals surface area contributed by atoms with E-state index in [0.29, 0.717) is 17.1 Å². The number of para-hydroxylation sites is 1. The van der Waals surface area contributed by atoms with E-state index in [1.165, 1.54) is 0 Å². The lowest BCUT2D eigenvalue weighted by Crippen LogP contribution is -2.15. The second kappa shape index (κ2) is 5.56. The first-order valence-electron chi connectivity index (χ1n) is 7.14. The molecule has 4 heteroatoms. The third-order valence-electron chi connectivity index (χ3n) is 3.32. The Morgan fingerprint density at radius 1 is 1.14 bits per heavy atom. The van der Waals surface area contributed by atoms with Crippen LogP contribution < -0.4 is 10.5 Å². The number of amides is 1. The number of hydrogen-bond acceptors (Lipinski definition) is 3. The molecular weight excluding hydrogens is 278 g/mol. The summed E-state index contributed by atoms with van der Waals surface area (Å²) in [6.07, 6.45) is -0.0323. The van der Waals surface area contributed by atoms with Gasteiger partial charge >= 0.3 is 0 Å². The van der Waals surface area contributed by atoms with Crippen molar-refractivity contribution in [3.63, 3.8) is 0 Å². The maximum Gasteiger partial charge on any atom is 0.252 e. The van der Waals surface area contributed by atoms with Crippen LogP contribution in [0.15, 0.2) is 52.9 Å². The van der Waals surface area contributed by atoms with Crippen molar-refractivity contribution in [3.05, 3.63) is 54.1 Å². The van der Waals surface area contributed by atoms with Crippen LogP contribution in [-0.2, 0) is 0 Å². The van der Waals surface area contributed by atoms with Gasteiger partial charge in [-0.2, -0.15) is 0 Å².